The highest BCUT2D eigenvalue weighted by Crippen LogP contribution is 2.36. The Morgan fingerprint density at radius 2 is 1.71 bits per heavy atom. The first-order chi connectivity index (χ1) is 16.0. The lowest BCUT2D eigenvalue weighted by atomic mass is 10.2. The van der Waals surface area contributed by atoms with Crippen LogP contribution in [-0.4, -0.2) is 62.7 Å². The Hall–Kier alpha value is -2.82. The van der Waals surface area contributed by atoms with Gasteiger partial charge in [0.15, 0.2) is 0 Å². The second kappa shape index (κ2) is 11.1. The number of benzene rings is 2. The van der Waals surface area contributed by atoms with Crippen LogP contribution in [0.2, 0.25) is 5.02 Å². The average Bonchev–Trinajstić information content (AvgIpc) is 2.80. The molecule has 0 radical (unpaired) electrons. The molecule has 2 N–H and O–H groups in total. The quantitative estimate of drug-likeness (QED) is 0.601. The monoisotopic (exact) mass is 498 g/mol. The summed E-state index contributed by atoms with van der Waals surface area (Å²) in [4.78, 5) is 28.6. The molecule has 1 aliphatic heterocycles. The Balaban J connectivity index is 1.53. The number of hydrogen-bond acceptors (Lipinski definition) is 5. The summed E-state index contributed by atoms with van der Waals surface area (Å²) >= 11 is 5.61. The summed E-state index contributed by atoms with van der Waals surface area (Å²) in [5.41, 5.74) is 0.590. The van der Waals surface area contributed by atoms with Gasteiger partial charge in [0.2, 0.25) is 11.8 Å². The van der Waals surface area contributed by atoms with Crippen LogP contribution in [-0.2, 0) is 20.5 Å². The Kier molecular flexibility index (Phi) is 8.40. The fourth-order valence-corrected chi connectivity index (χ4v) is 3.63. The average molecular weight is 499 g/mol. The minimum absolute atomic E-state index is 0.0354. The molecule has 1 aliphatic rings. The van der Waals surface area contributed by atoms with Gasteiger partial charge in [0.05, 0.1) is 36.4 Å². The highest BCUT2D eigenvalue weighted by molar-refractivity contribution is 6.31. The fraction of sp³-hybridized carbons (Fsp3) is 0.391. The summed E-state index contributed by atoms with van der Waals surface area (Å²) in [6.45, 7) is 4.44. The minimum Gasteiger partial charge on any atom is -0.378 e. The van der Waals surface area contributed by atoms with E-state index in [1.54, 1.807) is 26.1 Å². The van der Waals surface area contributed by atoms with Crippen LogP contribution < -0.4 is 15.5 Å². The lowest BCUT2D eigenvalue weighted by Crippen LogP contribution is -2.43. The topological polar surface area (TPSA) is 73.9 Å². The van der Waals surface area contributed by atoms with Crippen LogP contribution in [0.1, 0.15) is 12.5 Å². The van der Waals surface area contributed by atoms with Gasteiger partial charge in [-0.3, -0.25) is 14.5 Å². The number of nitrogens with zero attached hydrogens (tertiary/aromatic N) is 2. The van der Waals surface area contributed by atoms with Crippen molar-refractivity contribution in [1.29, 1.82) is 0 Å². The molecule has 0 saturated carbocycles. The molecule has 1 atom stereocenters. The van der Waals surface area contributed by atoms with E-state index in [2.05, 4.69) is 15.5 Å². The van der Waals surface area contributed by atoms with Crippen molar-refractivity contribution in [2.24, 2.45) is 0 Å². The van der Waals surface area contributed by atoms with Gasteiger partial charge in [0, 0.05) is 30.2 Å². The summed E-state index contributed by atoms with van der Waals surface area (Å²) in [6, 6.07) is 9.81. The van der Waals surface area contributed by atoms with E-state index in [9.17, 15) is 22.8 Å². The third-order valence-corrected chi connectivity index (χ3v) is 5.83. The maximum absolute atomic E-state index is 13.0. The van der Waals surface area contributed by atoms with Crippen LogP contribution in [0, 0.1) is 0 Å². The van der Waals surface area contributed by atoms with E-state index < -0.39 is 28.7 Å². The number of nitrogens with one attached hydrogen (secondary N) is 2. The van der Waals surface area contributed by atoms with E-state index in [0.717, 1.165) is 30.9 Å². The van der Waals surface area contributed by atoms with Crippen molar-refractivity contribution in [2.75, 3.05) is 55.4 Å². The standard InChI is InChI=1S/C23H26ClF3N4O3/c1-15(22(33)29-17-5-8-20(24)19(13-17)23(25,26)27)30(2)14-21(32)28-16-3-6-18(7-4-16)31-9-11-34-12-10-31/h3-8,13,15H,9-12,14H2,1-2H3,(H,28,32)(H,29,33). The third kappa shape index (κ3) is 6.85. The SMILES string of the molecule is CC(C(=O)Nc1ccc(Cl)c(C(F)(F)F)c1)N(C)CC(=O)Nc1ccc(N2CCOCC2)cc1. The molecule has 2 aromatic rings. The molecule has 0 bridgehead atoms. The number of ether oxygens (including phenoxy) is 1. The van der Waals surface area contributed by atoms with Gasteiger partial charge in [-0.15, -0.1) is 0 Å². The Bertz CT molecular complexity index is 1010. The molecule has 2 aromatic carbocycles. The molecule has 11 heteroatoms. The fourth-order valence-electron chi connectivity index (χ4n) is 3.41. The number of carbonyl (C=O) groups excluding carboxylic acids is 2. The van der Waals surface area contributed by atoms with Gasteiger partial charge in [-0.25, -0.2) is 0 Å². The van der Waals surface area contributed by atoms with E-state index in [4.69, 9.17) is 16.3 Å². The predicted octanol–water partition coefficient (Wildman–Crippen LogP) is 4.09. The summed E-state index contributed by atoms with van der Waals surface area (Å²) in [5, 5.41) is 4.77. The largest absolute Gasteiger partial charge is 0.417 e. The molecular weight excluding hydrogens is 473 g/mol. The number of amides is 2. The smallest absolute Gasteiger partial charge is 0.378 e. The molecular formula is C23H26ClF3N4O3. The van der Waals surface area contributed by atoms with Gasteiger partial charge in [-0.2, -0.15) is 13.2 Å². The van der Waals surface area contributed by atoms with Crippen molar-refractivity contribution < 1.29 is 27.5 Å². The number of anilines is 3. The molecule has 0 spiro atoms. The first-order valence-corrected chi connectivity index (χ1v) is 11.0. The van der Waals surface area contributed by atoms with Gasteiger partial charge in [-0.05, 0) is 56.4 Å². The molecule has 184 valence electrons. The molecule has 2 amide bonds. The van der Waals surface area contributed by atoms with Crippen LogP contribution in [0.5, 0.6) is 0 Å². The highest BCUT2D eigenvalue weighted by Gasteiger charge is 2.33. The van der Waals surface area contributed by atoms with Crippen LogP contribution in [0.15, 0.2) is 42.5 Å². The van der Waals surface area contributed by atoms with Crippen molar-refractivity contribution in [3.8, 4) is 0 Å². The van der Waals surface area contributed by atoms with Gasteiger partial charge in [0.1, 0.15) is 0 Å². The van der Waals surface area contributed by atoms with Gasteiger partial charge < -0.3 is 20.3 Å². The summed E-state index contributed by atoms with van der Waals surface area (Å²) < 4.78 is 44.4. The van der Waals surface area contributed by atoms with Crippen LogP contribution in [0.3, 0.4) is 0 Å². The summed E-state index contributed by atoms with van der Waals surface area (Å²) in [5.74, 6) is -0.882. The summed E-state index contributed by atoms with van der Waals surface area (Å²) in [7, 11) is 1.58. The van der Waals surface area contributed by atoms with E-state index in [1.165, 1.54) is 11.0 Å². The zero-order valence-corrected chi connectivity index (χ0v) is 19.5. The molecule has 1 heterocycles. The Morgan fingerprint density at radius 3 is 2.32 bits per heavy atom. The number of likely N-dealkylation sites (N-methyl/N-ethyl adjacent to an activating group) is 1. The zero-order valence-electron chi connectivity index (χ0n) is 18.8. The molecule has 3 rings (SSSR count). The minimum atomic E-state index is -4.64. The number of halogens is 4. The molecule has 7 nitrogen and oxygen atoms in total. The van der Waals surface area contributed by atoms with Crippen LogP contribution in [0.4, 0.5) is 30.2 Å². The van der Waals surface area contributed by atoms with Crippen LogP contribution in [0.25, 0.3) is 0 Å². The van der Waals surface area contributed by atoms with Gasteiger partial charge in [-0.1, -0.05) is 11.6 Å². The maximum atomic E-state index is 13.0. The lowest BCUT2D eigenvalue weighted by Gasteiger charge is -2.29. The van der Waals surface area contributed by atoms with Crippen molar-refractivity contribution in [1.82, 2.24) is 4.90 Å². The zero-order chi connectivity index (χ0) is 24.9. The second-order valence-corrected chi connectivity index (χ2v) is 8.37. The van der Waals surface area contributed by atoms with Crippen molar-refractivity contribution >= 4 is 40.5 Å². The maximum Gasteiger partial charge on any atom is 0.417 e. The van der Waals surface area contributed by atoms with Crippen molar-refractivity contribution in [3.05, 3.63) is 53.1 Å². The van der Waals surface area contributed by atoms with E-state index in [-0.39, 0.29) is 18.1 Å². The predicted molar refractivity (Wildman–Crippen MR) is 125 cm³/mol. The third-order valence-electron chi connectivity index (χ3n) is 5.50. The van der Waals surface area contributed by atoms with E-state index >= 15 is 0 Å². The van der Waals surface area contributed by atoms with Crippen LogP contribution >= 0.6 is 11.6 Å². The number of carbonyl (C=O) groups is 2. The highest BCUT2D eigenvalue weighted by atomic mass is 35.5. The summed E-state index contributed by atoms with van der Waals surface area (Å²) in [6.07, 6.45) is -4.64. The molecule has 1 fully saturated rings. The first-order valence-electron chi connectivity index (χ1n) is 10.6. The number of morpholine rings is 1. The number of rotatable bonds is 7. The molecule has 0 aliphatic carbocycles. The number of alkyl halides is 3. The molecule has 0 aromatic heterocycles. The first kappa shape index (κ1) is 25.8. The normalized spacial score (nSPS) is 15.2. The number of hydrogen-bond donors (Lipinski definition) is 2. The van der Waals surface area contributed by atoms with Crippen molar-refractivity contribution in [3.63, 3.8) is 0 Å². The second-order valence-electron chi connectivity index (χ2n) is 7.97. The molecule has 1 saturated heterocycles. The van der Waals surface area contributed by atoms with Crippen molar-refractivity contribution in [2.45, 2.75) is 19.1 Å². The Labute approximate surface area is 200 Å². The lowest BCUT2D eigenvalue weighted by molar-refractivity contribution is -0.137. The van der Waals surface area contributed by atoms with E-state index in [1.807, 2.05) is 12.1 Å². The molecule has 34 heavy (non-hydrogen) atoms. The molecule has 1 unspecified atom stereocenters. The van der Waals surface area contributed by atoms with Gasteiger partial charge >= 0.3 is 6.18 Å². The van der Waals surface area contributed by atoms with E-state index in [0.29, 0.717) is 18.9 Å². The van der Waals surface area contributed by atoms with Gasteiger partial charge in [0.25, 0.3) is 0 Å². The Morgan fingerprint density at radius 1 is 1.09 bits per heavy atom.